The number of aryl methyl sites for hydroxylation is 1. The molecule has 0 saturated carbocycles. The SMILES string of the molecule is Cc1cc(C(=O)CNCc2ccccc2)c(C)n1-c1ccccc1F. The Hall–Kier alpha value is -2.72. The number of aromatic nitrogens is 1. The summed E-state index contributed by atoms with van der Waals surface area (Å²) >= 11 is 0. The lowest BCUT2D eigenvalue weighted by Crippen LogP contribution is -2.23. The Kier molecular flexibility index (Phi) is 5.10. The fourth-order valence-electron chi connectivity index (χ4n) is 3.06. The van der Waals surface area contributed by atoms with E-state index >= 15 is 0 Å². The predicted octanol–water partition coefficient (Wildman–Crippen LogP) is 4.21. The number of carbonyl (C=O) groups excluding carboxylic acids is 1. The van der Waals surface area contributed by atoms with Crippen LogP contribution in [0.4, 0.5) is 4.39 Å². The topological polar surface area (TPSA) is 34.0 Å². The van der Waals surface area contributed by atoms with E-state index in [1.807, 2.05) is 50.2 Å². The molecule has 0 aliphatic rings. The number of hydrogen-bond donors (Lipinski definition) is 1. The molecular weight excluding hydrogens is 315 g/mol. The fourth-order valence-corrected chi connectivity index (χ4v) is 3.06. The van der Waals surface area contributed by atoms with Gasteiger partial charge >= 0.3 is 0 Å². The summed E-state index contributed by atoms with van der Waals surface area (Å²) in [5.74, 6) is -0.294. The normalized spacial score (nSPS) is 10.8. The van der Waals surface area contributed by atoms with Gasteiger partial charge in [0.25, 0.3) is 0 Å². The first-order valence-corrected chi connectivity index (χ1v) is 8.29. The molecule has 1 heterocycles. The van der Waals surface area contributed by atoms with Crippen LogP contribution in [0.2, 0.25) is 0 Å². The lowest BCUT2D eigenvalue weighted by molar-refractivity contribution is 0.0990. The van der Waals surface area contributed by atoms with Crippen molar-refractivity contribution < 1.29 is 9.18 Å². The molecule has 4 heteroatoms. The number of benzene rings is 2. The van der Waals surface area contributed by atoms with Crippen molar-refractivity contribution in [2.45, 2.75) is 20.4 Å². The fraction of sp³-hybridized carbons (Fsp3) is 0.190. The predicted molar refractivity (Wildman–Crippen MR) is 97.7 cm³/mol. The van der Waals surface area contributed by atoms with Gasteiger partial charge < -0.3 is 9.88 Å². The van der Waals surface area contributed by atoms with Crippen molar-refractivity contribution in [3.8, 4) is 5.69 Å². The molecule has 0 amide bonds. The summed E-state index contributed by atoms with van der Waals surface area (Å²) in [6.07, 6.45) is 0. The number of rotatable bonds is 6. The van der Waals surface area contributed by atoms with Crippen molar-refractivity contribution in [3.05, 3.63) is 89.0 Å². The molecule has 0 unspecified atom stereocenters. The van der Waals surface area contributed by atoms with Crippen LogP contribution >= 0.6 is 0 Å². The molecule has 3 aromatic rings. The molecule has 1 N–H and O–H groups in total. The molecule has 25 heavy (non-hydrogen) atoms. The van der Waals surface area contributed by atoms with Crippen LogP contribution in [0.1, 0.15) is 27.3 Å². The molecule has 0 atom stereocenters. The third kappa shape index (κ3) is 3.69. The molecule has 0 radical (unpaired) electrons. The third-order valence-corrected chi connectivity index (χ3v) is 4.28. The monoisotopic (exact) mass is 336 g/mol. The van der Waals surface area contributed by atoms with Crippen LogP contribution in [0.5, 0.6) is 0 Å². The number of hydrogen-bond acceptors (Lipinski definition) is 2. The van der Waals surface area contributed by atoms with Gasteiger partial charge in [-0.2, -0.15) is 0 Å². The summed E-state index contributed by atoms with van der Waals surface area (Å²) in [7, 11) is 0. The van der Waals surface area contributed by atoms with Gasteiger partial charge in [-0.3, -0.25) is 4.79 Å². The number of Topliss-reactive ketones (excluding diaryl/α,β-unsaturated/α-hetero) is 1. The van der Waals surface area contributed by atoms with Crippen molar-refractivity contribution in [1.82, 2.24) is 9.88 Å². The standard InChI is InChI=1S/C21H21FN2O/c1-15-12-18(16(2)24(15)20-11-7-6-10-19(20)22)21(25)14-23-13-17-8-4-3-5-9-17/h3-12,23H,13-14H2,1-2H3. The highest BCUT2D eigenvalue weighted by molar-refractivity contribution is 5.99. The first-order chi connectivity index (χ1) is 12.1. The van der Waals surface area contributed by atoms with E-state index in [0.717, 1.165) is 17.0 Å². The Bertz CT molecular complexity index is 884. The average molecular weight is 336 g/mol. The van der Waals surface area contributed by atoms with Crippen LogP contribution in [0, 0.1) is 19.7 Å². The third-order valence-electron chi connectivity index (χ3n) is 4.28. The molecule has 3 nitrogen and oxygen atoms in total. The van der Waals surface area contributed by atoms with E-state index in [1.165, 1.54) is 6.07 Å². The molecule has 1 aromatic heterocycles. The second-order valence-corrected chi connectivity index (χ2v) is 6.08. The molecule has 2 aromatic carbocycles. The molecule has 128 valence electrons. The molecule has 0 spiro atoms. The molecule has 3 rings (SSSR count). The maximum Gasteiger partial charge on any atom is 0.178 e. The summed E-state index contributed by atoms with van der Waals surface area (Å²) in [6, 6.07) is 18.4. The second-order valence-electron chi connectivity index (χ2n) is 6.08. The molecule has 0 saturated heterocycles. The lowest BCUT2D eigenvalue weighted by atomic mass is 10.1. The van der Waals surface area contributed by atoms with Gasteiger partial charge in [0.15, 0.2) is 5.78 Å². The van der Waals surface area contributed by atoms with Gasteiger partial charge in [-0.25, -0.2) is 4.39 Å². The van der Waals surface area contributed by atoms with Crippen LogP contribution in [0.15, 0.2) is 60.7 Å². The highest BCUT2D eigenvalue weighted by atomic mass is 19.1. The Morgan fingerprint density at radius 3 is 2.44 bits per heavy atom. The highest BCUT2D eigenvalue weighted by Gasteiger charge is 2.17. The van der Waals surface area contributed by atoms with Gasteiger partial charge in [-0.05, 0) is 37.6 Å². The first kappa shape index (κ1) is 17.1. The van der Waals surface area contributed by atoms with Crippen LogP contribution in [0.3, 0.4) is 0 Å². The Labute approximate surface area is 147 Å². The summed E-state index contributed by atoms with van der Waals surface area (Å²) in [5.41, 5.74) is 3.82. The molecule has 0 bridgehead atoms. The van der Waals surface area contributed by atoms with Gasteiger partial charge in [-0.15, -0.1) is 0 Å². The van der Waals surface area contributed by atoms with E-state index < -0.39 is 0 Å². The van der Waals surface area contributed by atoms with E-state index in [-0.39, 0.29) is 18.1 Å². The summed E-state index contributed by atoms with van der Waals surface area (Å²) < 4.78 is 15.9. The van der Waals surface area contributed by atoms with Crippen molar-refractivity contribution >= 4 is 5.78 Å². The smallest absolute Gasteiger partial charge is 0.178 e. The maximum absolute atomic E-state index is 14.1. The van der Waals surface area contributed by atoms with Crippen molar-refractivity contribution in [3.63, 3.8) is 0 Å². The zero-order valence-corrected chi connectivity index (χ0v) is 14.4. The number of carbonyl (C=O) groups is 1. The van der Waals surface area contributed by atoms with Crippen molar-refractivity contribution in [2.24, 2.45) is 0 Å². The van der Waals surface area contributed by atoms with Crippen LogP contribution < -0.4 is 5.32 Å². The maximum atomic E-state index is 14.1. The van der Waals surface area contributed by atoms with Gasteiger partial charge in [0.1, 0.15) is 5.82 Å². The summed E-state index contributed by atoms with van der Waals surface area (Å²) in [4.78, 5) is 12.6. The molecular formula is C21H21FN2O. The van der Waals surface area contributed by atoms with Crippen molar-refractivity contribution in [2.75, 3.05) is 6.54 Å². The van der Waals surface area contributed by atoms with E-state index in [1.54, 1.807) is 22.8 Å². The van der Waals surface area contributed by atoms with Gasteiger partial charge in [0, 0.05) is 23.5 Å². The van der Waals surface area contributed by atoms with E-state index in [9.17, 15) is 9.18 Å². The Morgan fingerprint density at radius 2 is 1.72 bits per heavy atom. The first-order valence-electron chi connectivity index (χ1n) is 8.29. The minimum Gasteiger partial charge on any atom is -0.315 e. The Balaban J connectivity index is 1.76. The summed E-state index contributed by atoms with van der Waals surface area (Å²) in [5, 5.41) is 3.17. The number of halogens is 1. The van der Waals surface area contributed by atoms with Crippen LogP contribution in [-0.2, 0) is 6.54 Å². The second kappa shape index (κ2) is 7.45. The minimum atomic E-state index is -0.300. The van der Waals surface area contributed by atoms with E-state index in [2.05, 4.69) is 5.32 Å². The average Bonchev–Trinajstić information content (AvgIpc) is 2.91. The summed E-state index contributed by atoms with van der Waals surface area (Å²) in [6.45, 7) is 4.62. The van der Waals surface area contributed by atoms with Gasteiger partial charge in [-0.1, -0.05) is 42.5 Å². The zero-order chi connectivity index (χ0) is 17.8. The number of para-hydroxylation sites is 1. The Morgan fingerprint density at radius 1 is 1.04 bits per heavy atom. The van der Waals surface area contributed by atoms with E-state index in [4.69, 9.17) is 0 Å². The molecule has 0 fully saturated rings. The van der Waals surface area contributed by atoms with E-state index in [0.29, 0.717) is 17.8 Å². The van der Waals surface area contributed by atoms with Crippen LogP contribution in [0.25, 0.3) is 5.69 Å². The number of ketones is 1. The van der Waals surface area contributed by atoms with Gasteiger partial charge in [0.2, 0.25) is 0 Å². The van der Waals surface area contributed by atoms with Crippen molar-refractivity contribution in [1.29, 1.82) is 0 Å². The molecule has 0 aliphatic heterocycles. The minimum absolute atomic E-state index is 0.00613. The highest BCUT2D eigenvalue weighted by Crippen LogP contribution is 2.23. The zero-order valence-electron chi connectivity index (χ0n) is 14.4. The number of nitrogens with zero attached hydrogens (tertiary/aromatic N) is 1. The van der Waals surface area contributed by atoms with Crippen LogP contribution in [-0.4, -0.2) is 16.9 Å². The molecule has 0 aliphatic carbocycles. The number of nitrogens with one attached hydrogen (secondary N) is 1. The quantitative estimate of drug-likeness (QED) is 0.684. The van der Waals surface area contributed by atoms with Gasteiger partial charge in [0.05, 0.1) is 12.2 Å². The largest absolute Gasteiger partial charge is 0.315 e. The lowest BCUT2D eigenvalue weighted by Gasteiger charge is -2.11.